The first kappa shape index (κ1) is 15.2. The van der Waals surface area contributed by atoms with Gasteiger partial charge in [-0.1, -0.05) is 30.3 Å². The van der Waals surface area contributed by atoms with Gasteiger partial charge in [-0.2, -0.15) is 0 Å². The SMILES string of the molecule is CC(=O)CCCSc1ncnc2sc(-c3ccccc3)cc12. The maximum absolute atomic E-state index is 11.0. The van der Waals surface area contributed by atoms with Gasteiger partial charge in [0.15, 0.2) is 0 Å². The number of ketones is 1. The molecule has 22 heavy (non-hydrogen) atoms. The van der Waals surface area contributed by atoms with Crippen LogP contribution in [0.2, 0.25) is 0 Å². The average Bonchev–Trinajstić information content (AvgIpc) is 2.97. The van der Waals surface area contributed by atoms with Gasteiger partial charge in [0.2, 0.25) is 0 Å². The van der Waals surface area contributed by atoms with Gasteiger partial charge in [0.05, 0.1) is 0 Å². The third-order valence-corrected chi connectivity index (χ3v) is 5.45. The molecule has 3 nitrogen and oxygen atoms in total. The van der Waals surface area contributed by atoms with E-state index >= 15 is 0 Å². The van der Waals surface area contributed by atoms with Gasteiger partial charge in [0, 0.05) is 16.7 Å². The molecule has 3 rings (SSSR count). The third-order valence-electron chi connectivity index (χ3n) is 3.26. The van der Waals surface area contributed by atoms with Crippen LogP contribution in [0.1, 0.15) is 19.8 Å². The van der Waals surface area contributed by atoms with E-state index in [0.29, 0.717) is 6.42 Å². The summed E-state index contributed by atoms with van der Waals surface area (Å²) in [5.74, 6) is 1.15. The van der Waals surface area contributed by atoms with Crippen LogP contribution in [0.4, 0.5) is 0 Å². The third kappa shape index (κ3) is 3.54. The van der Waals surface area contributed by atoms with E-state index in [0.717, 1.165) is 27.4 Å². The number of aromatic nitrogens is 2. The summed E-state index contributed by atoms with van der Waals surface area (Å²) in [5, 5.41) is 2.12. The Morgan fingerprint density at radius 3 is 2.82 bits per heavy atom. The fraction of sp³-hybridized carbons (Fsp3) is 0.235. The van der Waals surface area contributed by atoms with E-state index < -0.39 is 0 Å². The van der Waals surface area contributed by atoms with E-state index in [2.05, 4.69) is 28.2 Å². The van der Waals surface area contributed by atoms with Crippen LogP contribution < -0.4 is 0 Å². The highest BCUT2D eigenvalue weighted by molar-refractivity contribution is 7.99. The number of nitrogens with zero attached hydrogens (tertiary/aromatic N) is 2. The molecule has 0 aliphatic heterocycles. The van der Waals surface area contributed by atoms with Gasteiger partial charge in [-0.25, -0.2) is 9.97 Å². The quantitative estimate of drug-likeness (QED) is 0.370. The number of thiophene rings is 1. The number of rotatable bonds is 6. The van der Waals surface area contributed by atoms with E-state index in [1.54, 1.807) is 36.3 Å². The Labute approximate surface area is 137 Å². The van der Waals surface area contributed by atoms with Gasteiger partial charge >= 0.3 is 0 Å². The van der Waals surface area contributed by atoms with Crippen LogP contribution in [0, 0.1) is 0 Å². The molecule has 2 heterocycles. The summed E-state index contributed by atoms with van der Waals surface area (Å²) in [7, 11) is 0. The molecule has 0 fully saturated rings. The van der Waals surface area contributed by atoms with Crippen LogP contribution in [0.5, 0.6) is 0 Å². The molecule has 0 bridgehead atoms. The van der Waals surface area contributed by atoms with Gasteiger partial charge in [-0.3, -0.25) is 0 Å². The highest BCUT2D eigenvalue weighted by Gasteiger charge is 2.10. The molecular formula is C17H16N2OS2. The lowest BCUT2D eigenvalue weighted by Crippen LogP contribution is -1.91. The van der Waals surface area contributed by atoms with Crippen molar-refractivity contribution in [2.24, 2.45) is 0 Å². The van der Waals surface area contributed by atoms with E-state index in [1.165, 1.54) is 10.4 Å². The molecule has 0 aliphatic carbocycles. The van der Waals surface area contributed by atoms with Crippen LogP contribution >= 0.6 is 23.1 Å². The number of carbonyl (C=O) groups is 1. The first-order valence-corrected chi connectivity index (χ1v) is 8.96. The molecule has 1 aromatic carbocycles. The van der Waals surface area contributed by atoms with Crippen LogP contribution in [-0.2, 0) is 4.79 Å². The molecule has 0 spiro atoms. The van der Waals surface area contributed by atoms with Gasteiger partial charge in [0.1, 0.15) is 22.0 Å². The van der Waals surface area contributed by atoms with Crippen molar-refractivity contribution in [3.63, 3.8) is 0 Å². The summed E-state index contributed by atoms with van der Waals surface area (Å²) in [4.78, 5) is 22.0. The van der Waals surface area contributed by atoms with E-state index in [9.17, 15) is 4.79 Å². The number of fused-ring (bicyclic) bond motifs is 1. The maximum Gasteiger partial charge on any atom is 0.129 e. The minimum absolute atomic E-state index is 0.246. The van der Waals surface area contributed by atoms with E-state index in [4.69, 9.17) is 0 Å². The predicted molar refractivity (Wildman–Crippen MR) is 93.5 cm³/mol. The zero-order valence-electron chi connectivity index (χ0n) is 12.3. The van der Waals surface area contributed by atoms with E-state index in [-0.39, 0.29) is 5.78 Å². The van der Waals surface area contributed by atoms with Crippen molar-refractivity contribution in [2.45, 2.75) is 24.8 Å². The second-order valence-corrected chi connectivity index (χ2v) is 7.14. The largest absolute Gasteiger partial charge is 0.300 e. The first-order valence-electron chi connectivity index (χ1n) is 7.16. The number of hydrogen-bond donors (Lipinski definition) is 0. The average molecular weight is 328 g/mol. The minimum atomic E-state index is 0.246. The van der Waals surface area contributed by atoms with Crippen molar-refractivity contribution in [3.05, 3.63) is 42.7 Å². The summed E-state index contributed by atoms with van der Waals surface area (Å²) >= 11 is 3.39. The molecule has 5 heteroatoms. The Morgan fingerprint density at radius 1 is 1.23 bits per heavy atom. The zero-order chi connectivity index (χ0) is 15.4. The Morgan fingerprint density at radius 2 is 2.05 bits per heavy atom. The second kappa shape index (κ2) is 7.03. The number of benzene rings is 1. The molecule has 0 amide bonds. The van der Waals surface area contributed by atoms with Crippen LogP contribution in [0.3, 0.4) is 0 Å². The lowest BCUT2D eigenvalue weighted by Gasteiger charge is -2.00. The normalized spacial score (nSPS) is 11.0. The monoisotopic (exact) mass is 328 g/mol. The lowest BCUT2D eigenvalue weighted by atomic mass is 10.2. The number of Topliss-reactive ketones (excluding diaryl/α,β-unsaturated/α-hetero) is 1. The van der Waals surface area contributed by atoms with Crippen molar-refractivity contribution >= 4 is 39.1 Å². The lowest BCUT2D eigenvalue weighted by molar-refractivity contribution is -0.117. The molecule has 3 aromatic rings. The molecule has 0 N–H and O–H groups in total. The summed E-state index contributed by atoms with van der Waals surface area (Å²) in [6.45, 7) is 1.64. The van der Waals surface area contributed by atoms with Crippen LogP contribution in [0.15, 0.2) is 47.8 Å². The topological polar surface area (TPSA) is 42.9 Å². The maximum atomic E-state index is 11.0. The summed E-state index contributed by atoms with van der Waals surface area (Å²) in [6.07, 6.45) is 3.15. The Kier molecular flexibility index (Phi) is 4.85. The second-order valence-electron chi connectivity index (χ2n) is 5.03. The summed E-state index contributed by atoms with van der Waals surface area (Å²) in [6, 6.07) is 12.5. The van der Waals surface area contributed by atoms with Crippen molar-refractivity contribution in [2.75, 3.05) is 5.75 Å². The number of hydrogen-bond acceptors (Lipinski definition) is 5. The molecule has 0 aliphatic rings. The molecule has 0 saturated heterocycles. The molecule has 0 saturated carbocycles. The van der Waals surface area contributed by atoms with Crippen LogP contribution in [-0.4, -0.2) is 21.5 Å². The highest BCUT2D eigenvalue weighted by atomic mass is 32.2. The molecule has 0 radical (unpaired) electrons. The Balaban J connectivity index is 1.83. The highest BCUT2D eigenvalue weighted by Crippen LogP contribution is 2.36. The molecular weight excluding hydrogens is 312 g/mol. The van der Waals surface area contributed by atoms with Crippen molar-refractivity contribution in [1.82, 2.24) is 9.97 Å². The first-order chi connectivity index (χ1) is 10.7. The molecule has 0 unspecified atom stereocenters. The molecule has 2 aromatic heterocycles. The van der Waals surface area contributed by atoms with E-state index in [1.807, 2.05) is 18.2 Å². The number of carbonyl (C=O) groups excluding carboxylic acids is 1. The minimum Gasteiger partial charge on any atom is -0.300 e. The predicted octanol–water partition coefficient (Wildman–Crippen LogP) is 4.82. The molecule has 0 atom stereocenters. The molecule has 112 valence electrons. The summed E-state index contributed by atoms with van der Waals surface area (Å²) in [5.41, 5.74) is 1.21. The van der Waals surface area contributed by atoms with Gasteiger partial charge in [0.25, 0.3) is 0 Å². The van der Waals surface area contributed by atoms with Crippen LogP contribution in [0.25, 0.3) is 20.7 Å². The fourth-order valence-electron chi connectivity index (χ4n) is 2.18. The van der Waals surface area contributed by atoms with Gasteiger partial charge in [-0.05, 0) is 30.7 Å². The standard InChI is InChI=1S/C17H16N2OS2/c1-12(20)6-5-9-21-16-14-10-15(13-7-3-2-4-8-13)22-17(14)19-11-18-16/h2-4,7-8,10-11H,5-6,9H2,1H3. The van der Waals surface area contributed by atoms with Gasteiger partial charge < -0.3 is 4.79 Å². The van der Waals surface area contributed by atoms with Crippen molar-refractivity contribution in [1.29, 1.82) is 0 Å². The smallest absolute Gasteiger partial charge is 0.129 e. The zero-order valence-corrected chi connectivity index (χ0v) is 13.9. The number of thioether (sulfide) groups is 1. The fourth-order valence-corrected chi connectivity index (χ4v) is 4.17. The van der Waals surface area contributed by atoms with Gasteiger partial charge in [-0.15, -0.1) is 23.1 Å². The van der Waals surface area contributed by atoms with Crippen molar-refractivity contribution < 1.29 is 4.79 Å². The summed E-state index contributed by atoms with van der Waals surface area (Å²) < 4.78 is 0. The van der Waals surface area contributed by atoms with Crippen molar-refractivity contribution in [3.8, 4) is 10.4 Å². The Hall–Kier alpha value is -1.72. The Bertz CT molecular complexity index is 784.